The normalized spacial score (nSPS) is 12.2. The summed E-state index contributed by atoms with van der Waals surface area (Å²) in [4.78, 5) is 23.5. The summed E-state index contributed by atoms with van der Waals surface area (Å²) < 4.78 is 6.00. The summed E-state index contributed by atoms with van der Waals surface area (Å²) in [6.07, 6.45) is 0.523. The van der Waals surface area contributed by atoms with Crippen LogP contribution in [0, 0.1) is 12.8 Å². The van der Waals surface area contributed by atoms with Gasteiger partial charge in [0.05, 0.1) is 12.9 Å². The summed E-state index contributed by atoms with van der Waals surface area (Å²) in [5.41, 5.74) is 0. The molecule has 3 N–H and O–H groups in total. The molecule has 1 rings (SSSR count). The number of hydrogen-bond acceptors (Lipinski definition) is 7. The number of nitrogen functional groups attached to an aromatic ring is 1. The molecule has 1 aromatic rings. The van der Waals surface area contributed by atoms with E-state index in [0.29, 0.717) is 17.4 Å². The summed E-state index contributed by atoms with van der Waals surface area (Å²) in [6, 6.07) is -0.638. The van der Waals surface area contributed by atoms with Crippen LogP contribution in [-0.2, 0) is 14.3 Å². The minimum absolute atomic E-state index is 0.0981. The quantitative estimate of drug-likeness (QED) is 0.417. The second-order valence-electron chi connectivity index (χ2n) is 4.96. The molecule has 0 bridgehead atoms. The molecule has 21 heavy (non-hydrogen) atoms. The smallest absolute Gasteiger partial charge is 0.328 e. The van der Waals surface area contributed by atoms with Crippen LogP contribution in [0.4, 0.5) is 0 Å². The van der Waals surface area contributed by atoms with Gasteiger partial charge in [-0.1, -0.05) is 25.6 Å². The maximum Gasteiger partial charge on any atom is 0.328 e. The molecule has 0 saturated carbocycles. The molecule has 0 aromatic carbocycles. The first-order valence-corrected chi connectivity index (χ1v) is 7.50. The van der Waals surface area contributed by atoms with Crippen LogP contribution < -0.4 is 11.2 Å². The first-order chi connectivity index (χ1) is 9.85. The van der Waals surface area contributed by atoms with Crippen molar-refractivity contribution in [2.45, 2.75) is 38.4 Å². The molecule has 1 aromatic heterocycles. The highest BCUT2D eigenvalue weighted by molar-refractivity contribution is 7.99. The Labute approximate surface area is 127 Å². The Morgan fingerprint density at radius 3 is 2.57 bits per heavy atom. The molecule has 0 spiro atoms. The number of carbonyl (C=O) groups excluding carboxylic acids is 2. The molecular formula is C12H21N5O3S. The lowest BCUT2D eigenvalue weighted by atomic mass is 10.0. The van der Waals surface area contributed by atoms with Crippen LogP contribution in [0.1, 0.15) is 26.1 Å². The van der Waals surface area contributed by atoms with E-state index in [1.165, 1.54) is 11.8 Å². The zero-order chi connectivity index (χ0) is 16.0. The van der Waals surface area contributed by atoms with E-state index in [1.807, 2.05) is 13.8 Å². The minimum atomic E-state index is -0.638. The molecule has 0 aliphatic rings. The van der Waals surface area contributed by atoms with Crippen molar-refractivity contribution in [3.8, 4) is 0 Å². The third kappa shape index (κ3) is 5.25. The molecule has 0 unspecified atom stereocenters. The Morgan fingerprint density at radius 1 is 1.43 bits per heavy atom. The molecule has 1 amide bonds. The third-order valence-electron chi connectivity index (χ3n) is 2.70. The van der Waals surface area contributed by atoms with Gasteiger partial charge < -0.3 is 15.9 Å². The van der Waals surface area contributed by atoms with Crippen LogP contribution in [0.2, 0.25) is 0 Å². The molecule has 8 nitrogen and oxygen atoms in total. The lowest BCUT2D eigenvalue weighted by Gasteiger charge is -2.18. The third-order valence-corrected chi connectivity index (χ3v) is 3.64. The van der Waals surface area contributed by atoms with Crippen molar-refractivity contribution in [1.82, 2.24) is 20.2 Å². The number of carbonyl (C=O) groups is 2. The fraction of sp³-hybridized carbons (Fsp3) is 0.667. The predicted octanol–water partition coefficient (Wildman–Crippen LogP) is 0.0963. The van der Waals surface area contributed by atoms with Crippen LogP contribution in [0.15, 0.2) is 5.16 Å². The van der Waals surface area contributed by atoms with E-state index in [0.717, 1.165) is 11.8 Å². The highest BCUT2D eigenvalue weighted by Gasteiger charge is 2.22. The maximum atomic E-state index is 11.9. The number of amides is 1. The van der Waals surface area contributed by atoms with Crippen LogP contribution in [0.3, 0.4) is 0 Å². The SMILES string of the molecule is COC(=O)[C@@H](CC(C)C)NC(=O)CSc1nnc(C)n1N. The lowest BCUT2D eigenvalue weighted by molar-refractivity contribution is -0.145. The molecule has 0 radical (unpaired) electrons. The average molecular weight is 315 g/mol. The number of rotatable bonds is 7. The van der Waals surface area contributed by atoms with Crippen molar-refractivity contribution >= 4 is 23.6 Å². The topological polar surface area (TPSA) is 112 Å². The van der Waals surface area contributed by atoms with Gasteiger partial charge in [-0.15, -0.1) is 10.2 Å². The molecule has 118 valence electrons. The monoisotopic (exact) mass is 315 g/mol. The molecule has 1 heterocycles. The summed E-state index contributed by atoms with van der Waals surface area (Å²) in [5, 5.41) is 10.8. The van der Waals surface area contributed by atoms with E-state index in [-0.39, 0.29) is 17.6 Å². The number of nitrogens with zero attached hydrogens (tertiary/aromatic N) is 3. The Bertz CT molecular complexity index is 503. The number of hydrogen-bond donors (Lipinski definition) is 2. The van der Waals surface area contributed by atoms with E-state index in [1.54, 1.807) is 6.92 Å². The van der Waals surface area contributed by atoms with E-state index < -0.39 is 12.0 Å². The van der Waals surface area contributed by atoms with Crippen molar-refractivity contribution < 1.29 is 14.3 Å². The largest absolute Gasteiger partial charge is 0.467 e. The molecule has 1 atom stereocenters. The number of esters is 1. The van der Waals surface area contributed by atoms with Gasteiger partial charge in [0.25, 0.3) is 0 Å². The second kappa shape index (κ2) is 7.87. The zero-order valence-electron chi connectivity index (χ0n) is 12.6. The van der Waals surface area contributed by atoms with Crippen LogP contribution >= 0.6 is 11.8 Å². The molecule has 0 aliphatic carbocycles. The first-order valence-electron chi connectivity index (χ1n) is 6.52. The number of aryl methyl sites for hydroxylation is 1. The minimum Gasteiger partial charge on any atom is -0.467 e. The first kappa shape index (κ1) is 17.3. The lowest BCUT2D eigenvalue weighted by Crippen LogP contribution is -2.43. The number of aromatic nitrogens is 3. The number of nitrogens with two attached hydrogens (primary N) is 1. The van der Waals surface area contributed by atoms with Gasteiger partial charge in [0.1, 0.15) is 11.9 Å². The van der Waals surface area contributed by atoms with E-state index in [9.17, 15) is 9.59 Å². The van der Waals surface area contributed by atoms with Crippen molar-refractivity contribution in [2.24, 2.45) is 5.92 Å². The number of methoxy groups -OCH3 is 1. The van der Waals surface area contributed by atoms with E-state index in [4.69, 9.17) is 10.6 Å². The Balaban J connectivity index is 2.54. The highest BCUT2D eigenvalue weighted by Crippen LogP contribution is 2.14. The average Bonchev–Trinajstić information content (AvgIpc) is 2.74. The summed E-state index contributed by atoms with van der Waals surface area (Å²) >= 11 is 1.16. The van der Waals surface area contributed by atoms with Crippen LogP contribution in [0.5, 0.6) is 0 Å². The van der Waals surface area contributed by atoms with E-state index in [2.05, 4.69) is 15.5 Å². The van der Waals surface area contributed by atoms with Gasteiger partial charge in [-0.05, 0) is 19.3 Å². The van der Waals surface area contributed by atoms with Gasteiger partial charge >= 0.3 is 5.97 Å². The van der Waals surface area contributed by atoms with Gasteiger partial charge in [-0.2, -0.15) is 0 Å². The van der Waals surface area contributed by atoms with Crippen LogP contribution in [-0.4, -0.2) is 45.7 Å². The Hall–Kier alpha value is -1.77. The Kier molecular flexibility index (Phi) is 6.47. The molecule has 9 heteroatoms. The second-order valence-corrected chi connectivity index (χ2v) is 5.90. The van der Waals surface area contributed by atoms with Gasteiger partial charge in [0.15, 0.2) is 0 Å². The fourth-order valence-electron chi connectivity index (χ4n) is 1.64. The van der Waals surface area contributed by atoms with Gasteiger partial charge in [0, 0.05) is 0 Å². The molecule has 0 fully saturated rings. The van der Waals surface area contributed by atoms with Crippen molar-refractivity contribution in [2.75, 3.05) is 18.7 Å². The summed E-state index contributed by atoms with van der Waals surface area (Å²) in [6.45, 7) is 5.65. The zero-order valence-corrected chi connectivity index (χ0v) is 13.4. The van der Waals surface area contributed by atoms with Crippen LogP contribution in [0.25, 0.3) is 0 Å². The standard InChI is InChI=1S/C12H21N5O3S/c1-7(2)5-9(11(19)20-4)14-10(18)6-21-12-16-15-8(3)17(12)13/h7,9H,5-6,13H2,1-4H3,(H,14,18)/t9-/m1/s1. The fourth-order valence-corrected chi connectivity index (χ4v) is 2.36. The molecular weight excluding hydrogens is 294 g/mol. The van der Waals surface area contributed by atoms with E-state index >= 15 is 0 Å². The number of nitrogens with one attached hydrogen (secondary N) is 1. The highest BCUT2D eigenvalue weighted by atomic mass is 32.2. The molecule has 0 aliphatic heterocycles. The van der Waals surface area contributed by atoms with Crippen molar-refractivity contribution in [3.05, 3.63) is 5.82 Å². The van der Waals surface area contributed by atoms with Gasteiger partial charge in [-0.3, -0.25) is 4.79 Å². The van der Waals surface area contributed by atoms with Crippen molar-refractivity contribution in [3.63, 3.8) is 0 Å². The van der Waals surface area contributed by atoms with Crippen molar-refractivity contribution in [1.29, 1.82) is 0 Å². The maximum absolute atomic E-state index is 11.9. The number of thioether (sulfide) groups is 1. The summed E-state index contributed by atoms with van der Waals surface area (Å²) in [7, 11) is 1.30. The summed E-state index contributed by atoms with van der Waals surface area (Å²) in [5.74, 6) is 5.88. The predicted molar refractivity (Wildman–Crippen MR) is 79.0 cm³/mol. The number of ether oxygens (including phenoxy) is 1. The van der Waals surface area contributed by atoms with Gasteiger partial charge in [0.2, 0.25) is 11.1 Å². The van der Waals surface area contributed by atoms with Gasteiger partial charge in [-0.25, -0.2) is 9.47 Å². The molecule has 0 saturated heterocycles. The Morgan fingerprint density at radius 2 is 2.10 bits per heavy atom.